The maximum Gasteiger partial charge on any atom is 0.494 e. The molecule has 5 aromatic carbocycles. The Morgan fingerprint density at radius 3 is 1.61 bits per heavy atom. The van der Waals surface area contributed by atoms with Crippen molar-refractivity contribution < 1.29 is 29.9 Å². The van der Waals surface area contributed by atoms with Crippen LogP contribution in [-0.2, 0) is 9.31 Å². The second kappa shape index (κ2) is 7.18. The van der Waals surface area contributed by atoms with Gasteiger partial charge < -0.3 is 9.31 Å². The molecule has 0 N–H and O–H groups in total. The third-order valence-corrected chi connectivity index (χ3v) is 6.32. The number of rotatable bonds is 2. The Morgan fingerprint density at radius 2 is 1.03 bits per heavy atom. The van der Waals surface area contributed by atoms with Crippen LogP contribution < -0.4 is 5.46 Å². The van der Waals surface area contributed by atoms with E-state index in [-0.39, 0.29) is 37.8 Å². The van der Waals surface area contributed by atoms with E-state index in [0.29, 0.717) is 0 Å². The molecule has 162 valence electrons. The molecule has 0 bridgehead atoms. The second-order valence-electron chi connectivity index (χ2n) is 8.88. The zero-order valence-corrected chi connectivity index (χ0v) is 18.4. The largest absolute Gasteiger partial charge is 0.494 e. The molecule has 0 atom stereocenters. The summed E-state index contributed by atoms with van der Waals surface area (Å²) in [6, 6.07) is -10.0. The number of fused-ring (bicyclic) bond motifs is 6. The molecule has 33 heavy (non-hydrogen) atoms. The van der Waals surface area contributed by atoms with Crippen molar-refractivity contribution in [1.29, 1.82) is 0 Å². The van der Waals surface area contributed by atoms with E-state index in [9.17, 15) is 2.74 Å². The molecule has 0 radical (unpaired) electrons. The molecule has 0 aromatic heterocycles. The van der Waals surface area contributed by atoms with Gasteiger partial charge >= 0.3 is 7.12 Å². The highest BCUT2D eigenvalue weighted by Crippen LogP contribution is 2.38. The van der Waals surface area contributed by atoms with Crippen LogP contribution in [0, 0.1) is 0 Å². The summed E-state index contributed by atoms with van der Waals surface area (Å²) in [5, 5.41) is -2.02. The molecule has 1 aliphatic heterocycles. The van der Waals surface area contributed by atoms with Crippen LogP contribution in [0.3, 0.4) is 0 Å². The number of benzene rings is 5. The topological polar surface area (TPSA) is 18.5 Å². The van der Waals surface area contributed by atoms with Crippen molar-refractivity contribution in [3.05, 3.63) is 90.6 Å². The third-order valence-electron chi connectivity index (χ3n) is 6.32. The average molecular weight is 445 g/mol. The molecule has 5 aromatic rings. The normalized spacial score (nSPS) is 23.6. The van der Waals surface area contributed by atoms with Gasteiger partial charge in [0.05, 0.1) is 31.8 Å². The van der Waals surface area contributed by atoms with Crippen LogP contribution in [0.4, 0.5) is 0 Å². The van der Waals surface area contributed by atoms with Crippen molar-refractivity contribution in [3.8, 4) is 11.1 Å². The third kappa shape index (κ3) is 3.19. The van der Waals surface area contributed by atoms with E-state index in [1.54, 1.807) is 27.7 Å². The quantitative estimate of drug-likeness (QED) is 0.213. The van der Waals surface area contributed by atoms with E-state index in [1.807, 2.05) is 0 Å². The average Bonchev–Trinajstić information content (AvgIpc) is 3.23. The first kappa shape index (κ1) is 10.0. The Balaban J connectivity index is 1.89. The Bertz CT molecular complexity index is 2260. The Hall–Kier alpha value is -3.14. The first-order valence-corrected chi connectivity index (χ1v) is 10.4. The SMILES string of the molecule is [2H]c1c([2H])c(B2OC(C)(C)C(C)(C)O2)c([2H])c(-c2c([2H])c([2H])c3c4c([2H])c([2H])c([2H])c([2H])c4c4c([2H])c([2H])c([2H])c([2H])c4c3c2[2H])c1[2H]. The van der Waals surface area contributed by atoms with Crippen molar-refractivity contribution >= 4 is 44.9 Å². The first-order chi connectivity index (χ1) is 22.1. The van der Waals surface area contributed by atoms with Crippen molar-refractivity contribution in [2.24, 2.45) is 0 Å². The summed E-state index contributed by atoms with van der Waals surface area (Å²) < 4.78 is 143. The van der Waals surface area contributed by atoms with Crippen LogP contribution in [0.5, 0.6) is 0 Å². The summed E-state index contributed by atoms with van der Waals surface area (Å²) in [7, 11) is -1.34. The van der Waals surface area contributed by atoms with Gasteiger partial charge in [-0.3, -0.25) is 0 Å². The lowest BCUT2D eigenvalue weighted by Crippen LogP contribution is -2.41. The van der Waals surface area contributed by atoms with Crippen LogP contribution in [0.2, 0.25) is 0 Å². The van der Waals surface area contributed by atoms with E-state index < -0.39 is 120 Å². The summed E-state index contributed by atoms with van der Waals surface area (Å²) in [6.07, 6.45) is 0. The molecule has 1 heterocycles. The fraction of sp³-hybridized carbons (Fsp3) is 0.200. The van der Waals surface area contributed by atoms with Crippen LogP contribution in [0.15, 0.2) is 90.6 Å². The monoisotopic (exact) mass is 445 g/mol. The molecule has 2 nitrogen and oxygen atoms in total. The molecule has 1 fully saturated rings. The summed E-state index contributed by atoms with van der Waals surface area (Å²) in [4.78, 5) is 0. The minimum atomic E-state index is -1.34. The van der Waals surface area contributed by atoms with E-state index in [2.05, 4.69) is 0 Å². The smallest absolute Gasteiger partial charge is 0.399 e. The minimum Gasteiger partial charge on any atom is -0.399 e. The minimum absolute atomic E-state index is 0.241. The molecule has 6 rings (SSSR count). The van der Waals surface area contributed by atoms with Crippen molar-refractivity contribution in [2.75, 3.05) is 0 Å². The van der Waals surface area contributed by atoms with E-state index in [0.717, 1.165) is 0 Å². The van der Waals surface area contributed by atoms with Gasteiger partial charge in [0, 0.05) is 0 Å². The van der Waals surface area contributed by atoms with Crippen LogP contribution in [-0.4, -0.2) is 18.3 Å². The Labute approximate surface area is 216 Å². The van der Waals surface area contributed by atoms with Crippen molar-refractivity contribution in [1.82, 2.24) is 0 Å². The predicted octanol–water partition coefficient (Wildman–Crippen LogP) is 7.11. The maximum absolute atomic E-state index is 9.42. The van der Waals surface area contributed by atoms with Gasteiger partial charge in [0.25, 0.3) is 0 Å². The standard InChI is InChI=1S/C30H27BO2/c1-29(2)30(3,4)33-31(32-29)22-11-9-10-20(18-22)21-16-17-27-25-14-6-5-12-23(25)24-13-7-8-15-26(24)28(27)19-21/h5-19H,1-4H3/i5D,6D,7D,8D,9D,10D,11D,12D,13D,14D,15D,16D,17D,18D,19D. The van der Waals surface area contributed by atoms with Crippen molar-refractivity contribution in [2.45, 2.75) is 38.9 Å². The van der Waals surface area contributed by atoms with Gasteiger partial charge in [-0.25, -0.2) is 0 Å². The highest BCUT2D eigenvalue weighted by atomic mass is 16.7. The van der Waals surface area contributed by atoms with E-state index >= 15 is 0 Å². The predicted molar refractivity (Wildman–Crippen MR) is 140 cm³/mol. The maximum atomic E-state index is 9.42. The summed E-state index contributed by atoms with van der Waals surface area (Å²) in [5.41, 5.74) is -3.06. The summed E-state index contributed by atoms with van der Waals surface area (Å²) in [5.74, 6) is 0. The van der Waals surface area contributed by atoms with Gasteiger partial charge in [-0.15, -0.1) is 0 Å². The van der Waals surface area contributed by atoms with Crippen LogP contribution in [0.1, 0.15) is 48.3 Å². The van der Waals surface area contributed by atoms with Crippen LogP contribution in [0.25, 0.3) is 43.4 Å². The fourth-order valence-electron chi connectivity index (χ4n) is 3.84. The molecular formula is C30H27BO2. The molecule has 0 saturated carbocycles. The van der Waals surface area contributed by atoms with Gasteiger partial charge in [-0.2, -0.15) is 0 Å². The molecule has 1 aliphatic rings. The lowest BCUT2D eigenvalue weighted by atomic mass is 9.78. The second-order valence-corrected chi connectivity index (χ2v) is 8.88. The lowest BCUT2D eigenvalue weighted by Gasteiger charge is -2.32. The summed E-state index contributed by atoms with van der Waals surface area (Å²) in [6.45, 7) is 6.97. The van der Waals surface area contributed by atoms with Gasteiger partial charge in [-0.1, -0.05) is 84.6 Å². The number of hydrogen-bond acceptors (Lipinski definition) is 2. The van der Waals surface area contributed by atoms with Gasteiger partial charge in [0.1, 0.15) is 0 Å². The number of hydrogen-bond donors (Lipinski definition) is 0. The molecule has 0 aliphatic carbocycles. The lowest BCUT2D eigenvalue weighted by molar-refractivity contribution is 0.00578. The Morgan fingerprint density at radius 1 is 0.545 bits per heavy atom. The first-order valence-electron chi connectivity index (χ1n) is 17.9. The zero-order chi connectivity index (χ0) is 35.8. The molecular weight excluding hydrogens is 403 g/mol. The van der Waals surface area contributed by atoms with E-state index in [4.69, 9.17) is 27.1 Å². The zero-order valence-electron chi connectivity index (χ0n) is 33.4. The molecule has 0 unspecified atom stereocenters. The molecule has 1 saturated heterocycles. The molecule has 0 spiro atoms. The molecule has 0 amide bonds. The van der Waals surface area contributed by atoms with E-state index in [1.165, 1.54) is 0 Å². The molecule has 3 heteroatoms. The van der Waals surface area contributed by atoms with Crippen LogP contribution >= 0.6 is 0 Å². The fourth-order valence-corrected chi connectivity index (χ4v) is 3.84. The van der Waals surface area contributed by atoms with Crippen molar-refractivity contribution in [3.63, 3.8) is 0 Å². The Kier molecular flexibility index (Phi) is 2.18. The van der Waals surface area contributed by atoms with Gasteiger partial charge in [0.15, 0.2) is 0 Å². The summed E-state index contributed by atoms with van der Waals surface area (Å²) >= 11 is 0. The van der Waals surface area contributed by atoms with Gasteiger partial charge in [0.2, 0.25) is 0 Å². The highest BCUT2D eigenvalue weighted by Gasteiger charge is 2.51. The highest BCUT2D eigenvalue weighted by molar-refractivity contribution is 6.62. The van der Waals surface area contributed by atoms with Gasteiger partial charge in [-0.05, 0) is 82.6 Å².